The molecule has 8 heteroatoms. The molecule has 0 fully saturated rings. The molecule has 0 aliphatic carbocycles. The zero-order valence-corrected chi connectivity index (χ0v) is 12.3. The molecule has 0 bridgehead atoms. The maximum absolute atomic E-state index is 13.6. The van der Waals surface area contributed by atoms with Crippen molar-refractivity contribution in [3.8, 4) is 11.4 Å². The second-order valence-electron chi connectivity index (χ2n) is 4.96. The number of carbonyl (C=O) groups is 1. The van der Waals surface area contributed by atoms with Crippen molar-refractivity contribution in [2.45, 2.75) is 26.3 Å². The lowest BCUT2D eigenvalue weighted by atomic mass is 10.0. The zero-order valence-electron chi connectivity index (χ0n) is 11.5. The van der Waals surface area contributed by atoms with Crippen LogP contribution in [0, 0.1) is 11.7 Å². The maximum atomic E-state index is 13.6. The largest absolute Gasteiger partial charge is 0.481 e. The molecule has 0 spiro atoms. The summed E-state index contributed by atoms with van der Waals surface area (Å²) in [7, 11) is 0. The van der Waals surface area contributed by atoms with Crippen molar-refractivity contribution < 1.29 is 14.3 Å². The number of hydrogen-bond donors (Lipinski definition) is 1. The van der Waals surface area contributed by atoms with Crippen molar-refractivity contribution >= 4 is 17.6 Å². The molecule has 21 heavy (non-hydrogen) atoms. The van der Waals surface area contributed by atoms with Gasteiger partial charge in [-0.05, 0) is 28.5 Å². The van der Waals surface area contributed by atoms with E-state index in [2.05, 4.69) is 15.5 Å². The molecule has 2 aromatic rings. The van der Waals surface area contributed by atoms with Gasteiger partial charge in [-0.1, -0.05) is 31.5 Å². The Morgan fingerprint density at radius 1 is 1.48 bits per heavy atom. The highest BCUT2D eigenvalue weighted by Crippen LogP contribution is 2.31. The fourth-order valence-corrected chi connectivity index (χ4v) is 2.26. The smallest absolute Gasteiger partial charge is 0.305 e. The van der Waals surface area contributed by atoms with Crippen LogP contribution >= 0.6 is 11.6 Å². The lowest BCUT2D eigenvalue weighted by Crippen LogP contribution is -2.21. The van der Waals surface area contributed by atoms with Gasteiger partial charge >= 0.3 is 5.97 Å². The first-order chi connectivity index (χ1) is 9.91. The third-order valence-corrected chi connectivity index (χ3v) is 3.54. The predicted molar refractivity (Wildman–Crippen MR) is 74.3 cm³/mol. The second kappa shape index (κ2) is 6.17. The van der Waals surface area contributed by atoms with E-state index >= 15 is 0 Å². The second-order valence-corrected chi connectivity index (χ2v) is 5.34. The molecule has 1 heterocycles. The van der Waals surface area contributed by atoms with E-state index in [1.807, 2.05) is 13.8 Å². The van der Waals surface area contributed by atoms with Crippen LogP contribution in [0.25, 0.3) is 11.4 Å². The highest BCUT2D eigenvalue weighted by atomic mass is 35.5. The zero-order chi connectivity index (χ0) is 15.6. The molecule has 6 nitrogen and oxygen atoms in total. The third kappa shape index (κ3) is 3.18. The summed E-state index contributed by atoms with van der Waals surface area (Å²) in [5.74, 6) is -1.31. The summed E-state index contributed by atoms with van der Waals surface area (Å²) in [6, 6.07) is 3.87. The minimum Gasteiger partial charge on any atom is -0.481 e. The molecule has 1 N–H and O–H groups in total. The lowest BCUT2D eigenvalue weighted by molar-refractivity contribution is -0.138. The van der Waals surface area contributed by atoms with Crippen LogP contribution in [0.1, 0.15) is 26.3 Å². The number of benzene rings is 1. The summed E-state index contributed by atoms with van der Waals surface area (Å²) in [6.45, 7) is 3.73. The van der Waals surface area contributed by atoms with Gasteiger partial charge in [-0.15, -0.1) is 5.10 Å². The van der Waals surface area contributed by atoms with Crippen molar-refractivity contribution in [2.24, 2.45) is 5.92 Å². The molecule has 0 amide bonds. The number of nitrogens with zero attached hydrogens (tertiary/aromatic N) is 4. The predicted octanol–water partition coefficient (Wildman–Crippen LogP) is 2.80. The average molecular weight is 313 g/mol. The Labute approximate surface area is 125 Å². The van der Waals surface area contributed by atoms with Crippen LogP contribution in [0.15, 0.2) is 18.2 Å². The van der Waals surface area contributed by atoms with E-state index in [9.17, 15) is 9.18 Å². The van der Waals surface area contributed by atoms with Crippen LogP contribution < -0.4 is 0 Å². The van der Waals surface area contributed by atoms with Gasteiger partial charge in [-0.2, -0.15) is 0 Å². The first kappa shape index (κ1) is 15.4. The number of rotatable bonds is 5. The molecule has 0 saturated heterocycles. The third-order valence-electron chi connectivity index (χ3n) is 3.15. The maximum Gasteiger partial charge on any atom is 0.305 e. The lowest BCUT2D eigenvalue weighted by Gasteiger charge is -2.20. The summed E-state index contributed by atoms with van der Waals surface area (Å²) in [5.41, 5.74) is 0.331. The van der Waals surface area contributed by atoms with Gasteiger partial charge in [0, 0.05) is 5.56 Å². The number of carboxylic acid groups (broad SMARTS) is 1. The molecule has 0 radical (unpaired) electrons. The minimum absolute atomic E-state index is 0.0179. The Morgan fingerprint density at radius 3 is 2.81 bits per heavy atom. The first-order valence-electron chi connectivity index (χ1n) is 6.35. The molecule has 1 unspecified atom stereocenters. The van der Waals surface area contributed by atoms with Gasteiger partial charge in [0.25, 0.3) is 0 Å². The van der Waals surface area contributed by atoms with Crippen LogP contribution in [0.5, 0.6) is 0 Å². The quantitative estimate of drug-likeness (QED) is 0.918. The summed E-state index contributed by atoms with van der Waals surface area (Å²) in [5, 5.41) is 20.2. The van der Waals surface area contributed by atoms with E-state index in [1.165, 1.54) is 16.8 Å². The van der Waals surface area contributed by atoms with Gasteiger partial charge in [-0.25, -0.2) is 9.07 Å². The number of halogens is 2. The molecule has 0 saturated carbocycles. The van der Waals surface area contributed by atoms with Crippen molar-refractivity contribution in [3.63, 3.8) is 0 Å². The average Bonchev–Trinajstić information content (AvgIpc) is 2.87. The summed E-state index contributed by atoms with van der Waals surface area (Å²) in [4.78, 5) is 11.0. The van der Waals surface area contributed by atoms with Crippen LogP contribution in [0.4, 0.5) is 4.39 Å². The molecule has 1 aromatic heterocycles. The molecular weight excluding hydrogens is 299 g/mol. The fraction of sp³-hybridized carbons (Fsp3) is 0.385. The highest BCUT2D eigenvalue weighted by Gasteiger charge is 2.25. The van der Waals surface area contributed by atoms with Gasteiger partial charge in [0.2, 0.25) is 0 Å². The minimum atomic E-state index is -0.958. The van der Waals surface area contributed by atoms with Crippen LogP contribution in [0.2, 0.25) is 5.02 Å². The van der Waals surface area contributed by atoms with Gasteiger partial charge in [0.05, 0.1) is 17.5 Å². The Kier molecular flexibility index (Phi) is 4.52. The van der Waals surface area contributed by atoms with E-state index in [4.69, 9.17) is 16.7 Å². The summed E-state index contributed by atoms with van der Waals surface area (Å²) < 4.78 is 15.0. The number of aromatic nitrogens is 4. The Bertz CT molecular complexity index is 659. The van der Waals surface area contributed by atoms with Gasteiger partial charge < -0.3 is 5.11 Å². The monoisotopic (exact) mass is 312 g/mol. The van der Waals surface area contributed by atoms with Gasteiger partial charge in [-0.3, -0.25) is 4.79 Å². The van der Waals surface area contributed by atoms with Crippen molar-refractivity contribution in [3.05, 3.63) is 29.0 Å². The molecule has 1 aromatic carbocycles. The summed E-state index contributed by atoms with van der Waals surface area (Å²) in [6.07, 6.45) is -0.136. The Balaban J connectivity index is 2.51. The Hall–Kier alpha value is -2.02. The van der Waals surface area contributed by atoms with E-state index in [0.29, 0.717) is 5.56 Å². The van der Waals surface area contributed by atoms with Crippen LogP contribution in [-0.2, 0) is 4.79 Å². The van der Waals surface area contributed by atoms with E-state index in [-0.39, 0.29) is 23.2 Å². The number of aliphatic carboxylic acids is 1. The van der Waals surface area contributed by atoms with E-state index in [1.54, 1.807) is 6.07 Å². The van der Waals surface area contributed by atoms with Gasteiger partial charge in [0.15, 0.2) is 5.82 Å². The van der Waals surface area contributed by atoms with Crippen molar-refractivity contribution in [1.82, 2.24) is 20.2 Å². The number of carboxylic acids is 1. The van der Waals surface area contributed by atoms with Crippen LogP contribution in [0.3, 0.4) is 0 Å². The SMILES string of the molecule is CC(C)C(CC(=O)O)n1nnnc1-c1cccc(F)c1Cl. The number of tetrazole rings is 1. The summed E-state index contributed by atoms with van der Waals surface area (Å²) >= 11 is 5.95. The van der Waals surface area contributed by atoms with Crippen molar-refractivity contribution in [1.29, 1.82) is 0 Å². The van der Waals surface area contributed by atoms with Gasteiger partial charge in [0.1, 0.15) is 5.82 Å². The van der Waals surface area contributed by atoms with E-state index < -0.39 is 17.8 Å². The van der Waals surface area contributed by atoms with Crippen molar-refractivity contribution in [2.75, 3.05) is 0 Å². The van der Waals surface area contributed by atoms with Crippen LogP contribution in [-0.4, -0.2) is 31.3 Å². The molecule has 0 aliphatic rings. The molecule has 2 rings (SSSR count). The Morgan fingerprint density at radius 2 is 2.19 bits per heavy atom. The standard InChI is InChI=1S/C13H14ClFN4O2/c1-7(2)10(6-11(20)21)19-13(16-17-18-19)8-4-3-5-9(15)12(8)14/h3-5,7,10H,6H2,1-2H3,(H,20,21). The molecule has 0 aliphatic heterocycles. The number of hydrogen-bond acceptors (Lipinski definition) is 4. The molecule has 112 valence electrons. The first-order valence-corrected chi connectivity index (χ1v) is 6.73. The normalized spacial score (nSPS) is 12.6. The molecule has 1 atom stereocenters. The molecular formula is C13H14ClFN4O2. The fourth-order valence-electron chi connectivity index (χ4n) is 2.05. The van der Waals surface area contributed by atoms with E-state index in [0.717, 1.165) is 0 Å². The highest BCUT2D eigenvalue weighted by molar-refractivity contribution is 6.33. The topological polar surface area (TPSA) is 80.9 Å².